The summed E-state index contributed by atoms with van der Waals surface area (Å²) in [5, 5.41) is 4.01. The van der Waals surface area contributed by atoms with E-state index < -0.39 is 0 Å². The van der Waals surface area contributed by atoms with Crippen molar-refractivity contribution in [2.45, 2.75) is 37.2 Å². The molecular weight excluding hydrogens is 472 g/mol. The van der Waals surface area contributed by atoms with Crippen LogP contribution in [0.25, 0.3) is 15.9 Å². The summed E-state index contributed by atoms with van der Waals surface area (Å²) >= 11 is 4.29. The van der Waals surface area contributed by atoms with Crippen LogP contribution in [0.15, 0.2) is 51.2 Å². The van der Waals surface area contributed by atoms with Gasteiger partial charge in [0.25, 0.3) is 5.56 Å². The van der Waals surface area contributed by atoms with E-state index in [1.165, 1.54) is 23.1 Å². The van der Waals surface area contributed by atoms with Crippen molar-refractivity contribution in [3.05, 3.63) is 69.1 Å². The number of carbonyl (C=O) groups excluding carboxylic acids is 1. The molecule has 1 aliphatic heterocycles. The fourth-order valence-electron chi connectivity index (χ4n) is 3.87. The first-order valence-corrected chi connectivity index (χ1v) is 13.3. The molecule has 0 saturated carbocycles. The van der Waals surface area contributed by atoms with Crippen LogP contribution < -0.4 is 10.9 Å². The van der Waals surface area contributed by atoms with Crippen LogP contribution in [0.3, 0.4) is 0 Å². The molecule has 6 nitrogen and oxygen atoms in total. The second-order valence-corrected chi connectivity index (χ2v) is 11.2. The molecule has 0 spiro atoms. The normalized spacial score (nSPS) is 12.8. The van der Waals surface area contributed by atoms with Crippen LogP contribution in [-0.2, 0) is 11.2 Å². The number of rotatable bonds is 5. The summed E-state index contributed by atoms with van der Waals surface area (Å²) in [7, 11) is 0. The number of fused-ring (bicyclic) bond motifs is 2. The van der Waals surface area contributed by atoms with E-state index in [2.05, 4.69) is 22.4 Å². The predicted octanol–water partition coefficient (Wildman–Crippen LogP) is 5.15. The molecule has 2 aromatic carbocycles. The van der Waals surface area contributed by atoms with Crippen molar-refractivity contribution in [2.24, 2.45) is 0 Å². The van der Waals surface area contributed by atoms with Gasteiger partial charge in [-0.15, -0.1) is 11.8 Å². The molecule has 9 heteroatoms. The van der Waals surface area contributed by atoms with Gasteiger partial charge in [0, 0.05) is 12.2 Å². The van der Waals surface area contributed by atoms with E-state index in [1.54, 1.807) is 16.3 Å². The molecule has 0 fully saturated rings. The van der Waals surface area contributed by atoms with E-state index in [-0.39, 0.29) is 17.2 Å². The van der Waals surface area contributed by atoms with Crippen molar-refractivity contribution < 1.29 is 4.79 Å². The highest BCUT2D eigenvalue weighted by Crippen LogP contribution is 2.31. The topological polar surface area (TPSA) is 76.9 Å². The van der Waals surface area contributed by atoms with Gasteiger partial charge >= 0.3 is 0 Å². The number of carbonyl (C=O) groups is 1. The Morgan fingerprint density at radius 3 is 2.67 bits per heavy atom. The van der Waals surface area contributed by atoms with Crippen LogP contribution in [0, 0.1) is 20.8 Å². The van der Waals surface area contributed by atoms with Crippen LogP contribution in [0.5, 0.6) is 0 Å². The van der Waals surface area contributed by atoms with Gasteiger partial charge in [-0.3, -0.25) is 14.2 Å². The summed E-state index contributed by atoms with van der Waals surface area (Å²) in [5.74, 6) is 0.820. The average Bonchev–Trinajstić information content (AvgIpc) is 3.37. The molecule has 168 valence electrons. The molecular formula is C24H22N4O2S3. The second kappa shape index (κ2) is 8.96. The molecule has 4 aromatic rings. The van der Waals surface area contributed by atoms with E-state index in [4.69, 9.17) is 4.98 Å². The number of nitrogens with zero attached hydrogens (tertiary/aromatic N) is 3. The second-order valence-electron chi connectivity index (χ2n) is 8.08. The van der Waals surface area contributed by atoms with Crippen molar-refractivity contribution >= 4 is 56.1 Å². The SMILES string of the molecule is Cc1cc(C)cc(-n2c(SCC(=O)Nc3nc4ccc(C)cc4s3)nc3c(c2=O)SCC3)c1. The Bertz CT molecular complexity index is 1440. The average molecular weight is 495 g/mol. The third kappa shape index (κ3) is 4.58. The molecule has 1 N–H and O–H groups in total. The molecule has 0 aliphatic carbocycles. The highest BCUT2D eigenvalue weighted by atomic mass is 32.2. The van der Waals surface area contributed by atoms with Gasteiger partial charge in [-0.1, -0.05) is 35.2 Å². The fourth-order valence-corrected chi connectivity index (χ4v) is 6.70. The quantitative estimate of drug-likeness (QED) is 0.306. The molecule has 1 amide bonds. The zero-order chi connectivity index (χ0) is 23.1. The summed E-state index contributed by atoms with van der Waals surface area (Å²) in [4.78, 5) is 36.1. The number of aryl methyl sites for hydroxylation is 4. The number of anilines is 1. The van der Waals surface area contributed by atoms with Crippen molar-refractivity contribution in [1.82, 2.24) is 14.5 Å². The summed E-state index contributed by atoms with van der Waals surface area (Å²) in [6.07, 6.45) is 0.772. The summed E-state index contributed by atoms with van der Waals surface area (Å²) in [6, 6.07) is 12.1. The number of thiazole rings is 1. The zero-order valence-electron chi connectivity index (χ0n) is 18.5. The molecule has 3 heterocycles. The van der Waals surface area contributed by atoms with Gasteiger partial charge in [-0.25, -0.2) is 9.97 Å². The van der Waals surface area contributed by atoms with Crippen LogP contribution in [0.4, 0.5) is 5.13 Å². The Morgan fingerprint density at radius 2 is 1.88 bits per heavy atom. The zero-order valence-corrected chi connectivity index (χ0v) is 20.9. The first-order chi connectivity index (χ1) is 15.9. The number of benzene rings is 2. The minimum atomic E-state index is -0.174. The number of thioether (sulfide) groups is 2. The summed E-state index contributed by atoms with van der Waals surface area (Å²) < 4.78 is 2.69. The number of hydrogen-bond acceptors (Lipinski definition) is 7. The predicted molar refractivity (Wildman–Crippen MR) is 137 cm³/mol. The molecule has 0 atom stereocenters. The standard InChI is InChI=1S/C24H22N4O2S3/c1-13-4-5-17-19(11-13)33-23(25-17)27-20(29)12-32-24-26-18-6-7-31-21(18)22(30)28(24)16-9-14(2)8-15(3)10-16/h4-5,8-11H,6-7,12H2,1-3H3,(H,25,27,29). The maximum atomic E-state index is 13.3. The van der Waals surface area contributed by atoms with Crippen LogP contribution >= 0.6 is 34.9 Å². The summed E-state index contributed by atoms with van der Waals surface area (Å²) in [5.41, 5.74) is 5.73. The highest BCUT2D eigenvalue weighted by molar-refractivity contribution is 8.00. The van der Waals surface area contributed by atoms with E-state index in [1.807, 2.05) is 45.0 Å². The Kier molecular flexibility index (Phi) is 6.03. The molecule has 2 aromatic heterocycles. The maximum Gasteiger partial charge on any atom is 0.272 e. The van der Waals surface area contributed by atoms with Gasteiger partial charge in [0.05, 0.1) is 32.2 Å². The number of hydrogen-bond donors (Lipinski definition) is 1. The lowest BCUT2D eigenvalue weighted by Gasteiger charge is -2.14. The van der Waals surface area contributed by atoms with E-state index in [9.17, 15) is 9.59 Å². The lowest BCUT2D eigenvalue weighted by Crippen LogP contribution is -2.25. The fraction of sp³-hybridized carbons (Fsp3) is 0.250. The van der Waals surface area contributed by atoms with Crippen molar-refractivity contribution in [3.63, 3.8) is 0 Å². The van der Waals surface area contributed by atoms with E-state index in [0.29, 0.717) is 15.2 Å². The Labute approximate surface area is 203 Å². The van der Waals surface area contributed by atoms with E-state index >= 15 is 0 Å². The minimum absolute atomic E-state index is 0.0584. The lowest BCUT2D eigenvalue weighted by atomic mass is 10.1. The molecule has 0 radical (unpaired) electrons. The molecule has 0 saturated heterocycles. The smallest absolute Gasteiger partial charge is 0.272 e. The third-order valence-electron chi connectivity index (χ3n) is 5.25. The van der Waals surface area contributed by atoms with Crippen molar-refractivity contribution in [1.29, 1.82) is 0 Å². The third-order valence-corrected chi connectivity index (χ3v) is 8.23. The molecule has 0 unspecified atom stereocenters. The van der Waals surface area contributed by atoms with Crippen LogP contribution in [0.1, 0.15) is 22.4 Å². The first-order valence-electron chi connectivity index (χ1n) is 10.5. The number of nitrogens with one attached hydrogen (secondary N) is 1. The number of amides is 1. The van der Waals surface area contributed by atoms with Crippen molar-refractivity contribution in [3.8, 4) is 5.69 Å². The summed E-state index contributed by atoms with van der Waals surface area (Å²) in [6.45, 7) is 6.05. The largest absolute Gasteiger partial charge is 0.301 e. The monoisotopic (exact) mass is 494 g/mol. The highest BCUT2D eigenvalue weighted by Gasteiger charge is 2.23. The minimum Gasteiger partial charge on any atom is -0.301 e. The molecule has 1 aliphatic rings. The van der Waals surface area contributed by atoms with Gasteiger partial charge in [0.2, 0.25) is 5.91 Å². The molecule has 5 rings (SSSR count). The van der Waals surface area contributed by atoms with Crippen LogP contribution in [-0.4, -0.2) is 31.9 Å². The Balaban J connectivity index is 1.42. The van der Waals surface area contributed by atoms with Gasteiger partial charge in [0.1, 0.15) is 0 Å². The van der Waals surface area contributed by atoms with E-state index in [0.717, 1.165) is 50.5 Å². The first kappa shape index (κ1) is 22.2. The molecule has 33 heavy (non-hydrogen) atoms. The van der Waals surface area contributed by atoms with Crippen LogP contribution in [0.2, 0.25) is 0 Å². The lowest BCUT2D eigenvalue weighted by molar-refractivity contribution is -0.113. The van der Waals surface area contributed by atoms with Gasteiger partial charge in [-0.05, 0) is 61.7 Å². The van der Waals surface area contributed by atoms with Crippen molar-refractivity contribution in [2.75, 3.05) is 16.8 Å². The van der Waals surface area contributed by atoms with Gasteiger partial charge in [0.15, 0.2) is 10.3 Å². The van der Waals surface area contributed by atoms with Gasteiger partial charge in [-0.2, -0.15) is 0 Å². The van der Waals surface area contributed by atoms with Gasteiger partial charge < -0.3 is 5.32 Å². The Morgan fingerprint density at radius 1 is 1.09 bits per heavy atom. The number of aromatic nitrogens is 3. The maximum absolute atomic E-state index is 13.3. The Hall–Kier alpha value is -2.62. The molecule has 0 bridgehead atoms.